The zero-order valence-electron chi connectivity index (χ0n) is 23.3. The number of benzene rings is 2. The second-order valence-corrected chi connectivity index (χ2v) is 10.8. The molecule has 0 radical (unpaired) electrons. The van der Waals surface area contributed by atoms with Gasteiger partial charge in [-0.15, -0.1) is 0 Å². The maximum Gasteiger partial charge on any atom is 0.313 e. The number of anilines is 2. The van der Waals surface area contributed by atoms with Crippen molar-refractivity contribution in [1.29, 1.82) is 0 Å². The number of cyclic esters (lactones) is 1. The Morgan fingerprint density at radius 2 is 1.73 bits per heavy atom. The van der Waals surface area contributed by atoms with Gasteiger partial charge in [-0.05, 0) is 49.8 Å². The summed E-state index contributed by atoms with van der Waals surface area (Å²) in [7, 11) is 0. The number of esters is 1. The van der Waals surface area contributed by atoms with Crippen molar-refractivity contribution in [2.45, 2.75) is 37.6 Å². The van der Waals surface area contributed by atoms with E-state index in [0.29, 0.717) is 11.3 Å². The molecule has 1 N–H and O–H groups in total. The first-order valence-corrected chi connectivity index (χ1v) is 14.3. The fourth-order valence-electron chi connectivity index (χ4n) is 6.94. The van der Waals surface area contributed by atoms with Crippen molar-refractivity contribution in [3.63, 3.8) is 0 Å². The van der Waals surface area contributed by atoms with Crippen LogP contribution in [-0.4, -0.2) is 78.4 Å². The maximum absolute atomic E-state index is 14.6. The average Bonchev–Trinajstić information content (AvgIpc) is 3.29. The topological polar surface area (TPSA) is 99.6 Å². The van der Waals surface area contributed by atoms with E-state index in [-0.39, 0.29) is 19.1 Å². The second-order valence-electron chi connectivity index (χ2n) is 10.8. The first-order valence-electron chi connectivity index (χ1n) is 14.3. The van der Waals surface area contributed by atoms with Gasteiger partial charge in [-0.1, -0.05) is 48.6 Å². The van der Waals surface area contributed by atoms with Gasteiger partial charge in [0, 0.05) is 31.0 Å². The summed E-state index contributed by atoms with van der Waals surface area (Å²) in [5.41, 5.74) is 1.03. The summed E-state index contributed by atoms with van der Waals surface area (Å²) in [4.78, 5) is 47.6. The molecule has 0 aromatic heterocycles. The number of likely N-dealkylation sites (tertiary alicyclic amines) is 1. The molecule has 4 aliphatic rings. The van der Waals surface area contributed by atoms with Gasteiger partial charge in [0.05, 0.1) is 24.7 Å². The van der Waals surface area contributed by atoms with E-state index in [1.807, 2.05) is 60.7 Å². The molecule has 214 valence electrons. The highest BCUT2D eigenvalue weighted by atomic mass is 16.6. The van der Waals surface area contributed by atoms with Gasteiger partial charge in [-0.2, -0.15) is 0 Å². The molecule has 2 fully saturated rings. The van der Waals surface area contributed by atoms with E-state index in [9.17, 15) is 19.5 Å². The van der Waals surface area contributed by atoms with Crippen LogP contribution in [0.5, 0.6) is 0 Å². The monoisotopic (exact) mass is 557 g/mol. The van der Waals surface area contributed by atoms with Crippen molar-refractivity contribution >= 4 is 29.2 Å². The SMILES string of the molecule is CCN(CC)c1ccc(N2CC=C[C@]34O[C@H]5C=CCOC(=O)[C@H]5[C@H]3C(=O)N([C@H](CO)c3ccccc3)C4C2=O)cc1. The molecule has 2 saturated heterocycles. The zero-order valence-corrected chi connectivity index (χ0v) is 23.3. The smallest absolute Gasteiger partial charge is 0.313 e. The Labute approximate surface area is 239 Å². The number of carbonyl (C=O) groups excluding carboxylic acids is 3. The molecule has 0 bridgehead atoms. The predicted molar refractivity (Wildman–Crippen MR) is 153 cm³/mol. The predicted octanol–water partition coefficient (Wildman–Crippen LogP) is 2.86. The fourth-order valence-corrected chi connectivity index (χ4v) is 6.94. The van der Waals surface area contributed by atoms with Crippen LogP contribution in [0.15, 0.2) is 78.9 Å². The molecule has 2 aromatic carbocycles. The Bertz CT molecular complexity index is 1370. The van der Waals surface area contributed by atoms with Crippen molar-refractivity contribution in [2.75, 3.05) is 42.6 Å². The lowest BCUT2D eigenvalue weighted by molar-refractivity contribution is -0.153. The van der Waals surface area contributed by atoms with E-state index in [1.54, 1.807) is 23.1 Å². The second kappa shape index (κ2) is 10.8. The van der Waals surface area contributed by atoms with E-state index < -0.39 is 54.1 Å². The molecule has 6 rings (SSSR count). The summed E-state index contributed by atoms with van der Waals surface area (Å²) >= 11 is 0. The van der Waals surface area contributed by atoms with E-state index in [4.69, 9.17) is 9.47 Å². The van der Waals surface area contributed by atoms with Crippen LogP contribution in [0.1, 0.15) is 25.5 Å². The van der Waals surface area contributed by atoms with Crippen molar-refractivity contribution in [2.24, 2.45) is 11.8 Å². The van der Waals surface area contributed by atoms with Crippen molar-refractivity contribution in [3.05, 3.63) is 84.5 Å². The number of carbonyl (C=O) groups is 3. The number of ether oxygens (including phenoxy) is 2. The Kier molecular flexibility index (Phi) is 7.17. The quantitative estimate of drug-likeness (QED) is 0.413. The molecule has 1 unspecified atom stereocenters. The number of aliphatic hydroxyl groups is 1. The van der Waals surface area contributed by atoms with Gasteiger partial charge in [0.2, 0.25) is 5.91 Å². The van der Waals surface area contributed by atoms with E-state index in [0.717, 1.165) is 18.8 Å². The summed E-state index contributed by atoms with van der Waals surface area (Å²) in [5.74, 6) is -3.14. The Hall–Kier alpha value is -3.95. The molecular formula is C32H35N3O6. The average molecular weight is 558 g/mol. The first kappa shape index (κ1) is 27.2. The van der Waals surface area contributed by atoms with Gasteiger partial charge in [0.1, 0.15) is 24.2 Å². The van der Waals surface area contributed by atoms with Crippen LogP contribution in [0.4, 0.5) is 11.4 Å². The number of hydrogen-bond donors (Lipinski definition) is 1. The van der Waals surface area contributed by atoms with Gasteiger partial charge < -0.3 is 29.3 Å². The molecule has 9 nitrogen and oxygen atoms in total. The first-order chi connectivity index (χ1) is 19.9. The van der Waals surface area contributed by atoms with Crippen LogP contribution in [-0.2, 0) is 23.9 Å². The number of nitrogens with zero attached hydrogens (tertiary/aromatic N) is 3. The minimum Gasteiger partial charge on any atom is -0.461 e. The minimum absolute atomic E-state index is 0.103. The molecule has 2 amide bonds. The number of fused-ring (bicyclic) bond motifs is 2. The van der Waals surface area contributed by atoms with Crippen LogP contribution >= 0.6 is 0 Å². The summed E-state index contributed by atoms with van der Waals surface area (Å²) in [6.45, 7) is 5.89. The molecular weight excluding hydrogens is 522 g/mol. The molecule has 1 spiro atoms. The Morgan fingerprint density at radius 1 is 1.00 bits per heavy atom. The lowest BCUT2D eigenvalue weighted by Crippen LogP contribution is -2.56. The Balaban J connectivity index is 1.46. The fraction of sp³-hybridized carbons (Fsp3) is 0.406. The van der Waals surface area contributed by atoms with Crippen molar-refractivity contribution in [1.82, 2.24) is 4.90 Å². The number of hydrogen-bond acceptors (Lipinski definition) is 7. The van der Waals surface area contributed by atoms with Crippen LogP contribution in [0.2, 0.25) is 0 Å². The maximum atomic E-state index is 14.6. The van der Waals surface area contributed by atoms with Gasteiger partial charge in [0.15, 0.2) is 0 Å². The standard InChI is InChI=1S/C32H35N3O6/c1-3-33(4-2)22-13-15-23(16-14-22)34-18-9-17-32-27(26-25(41-32)12-8-19-40-31(26)39)29(37)35(28(32)30(34)38)24(20-36)21-10-6-5-7-11-21/h5-17,24-28,36H,3-4,18-20H2,1-2H3/t24-,25+,26-,27+,28?,32+/m1/s1. The summed E-state index contributed by atoms with van der Waals surface area (Å²) in [6, 6.07) is 15.0. The number of rotatable bonds is 7. The highest BCUT2D eigenvalue weighted by molar-refractivity contribution is 6.05. The van der Waals surface area contributed by atoms with Gasteiger partial charge in [-0.3, -0.25) is 14.4 Å². The lowest BCUT2D eigenvalue weighted by atomic mass is 9.78. The molecule has 2 aromatic rings. The van der Waals surface area contributed by atoms with Crippen molar-refractivity contribution in [3.8, 4) is 0 Å². The van der Waals surface area contributed by atoms with Gasteiger partial charge >= 0.3 is 5.97 Å². The molecule has 9 heteroatoms. The van der Waals surface area contributed by atoms with E-state index >= 15 is 0 Å². The third-order valence-electron chi connectivity index (χ3n) is 8.83. The largest absolute Gasteiger partial charge is 0.461 e. The summed E-state index contributed by atoms with van der Waals surface area (Å²) < 4.78 is 12.0. The lowest BCUT2D eigenvalue weighted by Gasteiger charge is -2.38. The highest BCUT2D eigenvalue weighted by Gasteiger charge is 2.72. The number of amides is 2. The van der Waals surface area contributed by atoms with Crippen LogP contribution < -0.4 is 9.80 Å². The third kappa shape index (κ3) is 4.26. The molecule has 6 atom stereocenters. The molecule has 4 heterocycles. The molecule has 41 heavy (non-hydrogen) atoms. The zero-order chi connectivity index (χ0) is 28.7. The van der Waals surface area contributed by atoms with Crippen LogP contribution in [0, 0.1) is 11.8 Å². The third-order valence-corrected chi connectivity index (χ3v) is 8.83. The number of aliphatic hydroxyl groups excluding tert-OH is 1. The van der Waals surface area contributed by atoms with Gasteiger partial charge in [-0.25, -0.2) is 0 Å². The normalized spacial score (nSPS) is 29.4. The minimum atomic E-state index is -1.40. The van der Waals surface area contributed by atoms with Crippen LogP contribution in [0.3, 0.4) is 0 Å². The van der Waals surface area contributed by atoms with Crippen molar-refractivity contribution < 1.29 is 29.0 Å². The molecule has 0 aliphatic carbocycles. The van der Waals surface area contributed by atoms with Gasteiger partial charge in [0.25, 0.3) is 5.91 Å². The Morgan fingerprint density at radius 3 is 2.41 bits per heavy atom. The van der Waals surface area contributed by atoms with E-state index in [2.05, 4.69) is 18.7 Å². The molecule has 0 saturated carbocycles. The van der Waals surface area contributed by atoms with E-state index in [1.165, 1.54) is 4.90 Å². The highest BCUT2D eigenvalue weighted by Crippen LogP contribution is 2.55. The molecule has 4 aliphatic heterocycles. The summed E-state index contributed by atoms with van der Waals surface area (Å²) in [5, 5.41) is 10.6. The summed E-state index contributed by atoms with van der Waals surface area (Å²) in [6.07, 6.45) is 6.40. The van der Waals surface area contributed by atoms with Crippen LogP contribution in [0.25, 0.3) is 0 Å².